The molecule has 0 bridgehead atoms. The lowest BCUT2D eigenvalue weighted by Crippen LogP contribution is -2.35. The van der Waals surface area contributed by atoms with Gasteiger partial charge in [-0.05, 0) is 50.0 Å². The Morgan fingerprint density at radius 3 is 2.46 bits per heavy atom. The van der Waals surface area contributed by atoms with Gasteiger partial charge in [0.15, 0.2) is 0 Å². The van der Waals surface area contributed by atoms with Gasteiger partial charge in [-0.2, -0.15) is 0 Å². The number of rotatable bonds is 8. The number of hydrogen-bond donors (Lipinski definition) is 0. The Morgan fingerprint density at radius 2 is 1.77 bits per heavy atom. The highest BCUT2D eigenvalue weighted by Crippen LogP contribution is 2.14. The Morgan fingerprint density at radius 1 is 1.00 bits per heavy atom. The Labute approximate surface area is 156 Å². The molecule has 0 N–H and O–H groups in total. The number of hydrogen-bond acceptors (Lipinski definition) is 5. The first-order valence-electron chi connectivity index (χ1n) is 9.32. The van der Waals surface area contributed by atoms with Crippen molar-refractivity contribution >= 4 is 11.9 Å². The maximum atomic E-state index is 12.5. The normalized spacial score (nSPS) is 15.4. The molecule has 144 valence electrons. The summed E-state index contributed by atoms with van der Waals surface area (Å²) >= 11 is 0. The fourth-order valence-electron chi connectivity index (χ4n) is 3.19. The highest BCUT2D eigenvalue weighted by Gasteiger charge is 2.19. The largest absolute Gasteiger partial charge is 0.497 e. The summed E-state index contributed by atoms with van der Waals surface area (Å²) in [6.07, 6.45) is 3.53. The van der Waals surface area contributed by atoms with Crippen LogP contribution in [0.25, 0.3) is 0 Å². The fraction of sp³-hybridized carbons (Fsp3) is 0.600. The van der Waals surface area contributed by atoms with Gasteiger partial charge in [-0.15, -0.1) is 0 Å². The second-order valence-corrected chi connectivity index (χ2v) is 6.60. The molecule has 6 heteroatoms. The summed E-state index contributed by atoms with van der Waals surface area (Å²) in [5.41, 5.74) is 1.15. The molecule has 1 amide bonds. The monoisotopic (exact) mass is 362 g/mol. The zero-order chi connectivity index (χ0) is 18.8. The molecule has 0 aliphatic carbocycles. The van der Waals surface area contributed by atoms with Gasteiger partial charge in [0.25, 0.3) is 0 Å². The summed E-state index contributed by atoms with van der Waals surface area (Å²) in [5, 5.41) is 0. The van der Waals surface area contributed by atoms with Crippen LogP contribution in [0.5, 0.6) is 5.75 Å². The molecular weight excluding hydrogens is 332 g/mol. The molecule has 0 atom stereocenters. The molecular formula is C20H30N2O4. The third kappa shape index (κ3) is 6.67. The van der Waals surface area contributed by atoms with E-state index in [0.29, 0.717) is 12.8 Å². The van der Waals surface area contributed by atoms with E-state index in [9.17, 15) is 9.59 Å². The summed E-state index contributed by atoms with van der Waals surface area (Å²) in [7, 11) is 3.07. The molecule has 6 nitrogen and oxygen atoms in total. The number of carbonyl (C=O) groups is 2. The topological polar surface area (TPSA) is 59.1 Å². The number of esters is 1. The van der Waals surface area contributed by atoms with Crippen LogP contribution in [0.2, 0.25) is 0 Å². The zero-order valence-corrected chi connectivity index (χ0v) is 15.9. The Hall–Kier alpha value is -2.08. The van der Waals surface area contributed by atoms with E-state index in [0.717, 1.165) is 63.3 Å². The van der Waals surface area contributed by atoms with E-state index in [2.05, 4.69) is 9.64 Å². The van der Waals surface area contributed by atoms with Gasteiger partial charge < -0.3 is 19.3 Å². The van der Waals surface area contributed by atoms with E-state index < -0.39 is 0 Å². The molecule has 1 saturated heterocycles. The van der Waals surface area contributed by atoms with Crippen LogP contribution in [0.3, 0.4) is 0 Å². The number of benzene rings is 1. The van der Waals surface area contributed by atoms with Crippen molar-refractivity contribution in [3.63, 3.8) is 0 Å². The van der Waals surface area contributed by atoms with Crippen molar-refractivity contribution < 1.29 is 19.1 Å². The first-order chi connectivity index (χ1) is 12.6. The van der Waals surface area contributed by atoms with Crippen LogP contribution in [0.1, 0.15) is 31.2 Å². The van der Waals surface area contributed by atoms with E-state index >= 15 is 0 Å². The molecule has 0 saturated carbocycles. The summed E-state index contributed by atoms with van der Waals surface area (Å²) in [6.45, 7) is 4.30. The summed E-state index contributed by atoms with van der Waals surface area (Å²) in [5.74, 6) is 0.896. The maximum absolute atomic E-state index is 12.5. The number of nitrogens with zero attached hydrogens (tertiary/aromatic N) is 2. The van der Waals surface area contributed by atoms with E-state index in [-0.39, 0.29) is 11.9 Å². The Balaban J connectivity index is 1.71. The van der Waals surface area contributed by atoms with E-state index in [1.165, 1.54) is 7.11 Å². The molecule has 1 aliphatic rings. The minimum Gasteiger partial charge on any atom is -0.497 e. The number of methoxy groups -OCH3 is 2. The lowest BCUT2D eigenvalue weighted by Gasteiger charge is -2.22. The van der Waals surface area contributed by atoms with E-state index in [4.69, 9.17) is 4.74 Å². The van der Waals surface area contributed by atoms with Crippen LogP contribution in [-0.4, -0.2) is 68.6 Å². The summed E-state index contributed by atoms with van der Waals surface area (Å²) in [4.78, 5) is 28.0. The SMILES string of the molecule is COC(=O)CCCN1CCCN(C(=O)CCc2ccc(OC)cc2)CC1. The van der Waals surface area contributed by atoms with Gasteiger partial charge in [0, 0.05) is 32.5 Å². The summed E-state index contributed by atoms with van der Waals surface area (Å²) < 4.78 is 9.83. The van der Waals surface area contributed by atoms with Crippen LogP contribution >= 0.6 is 0 Å². The molecule has 1 fully saturated rings. The molecule has 2 rings (SSSR count). The van der Waals surface area contributed by atoms with Crippen molar-refractivity contribution in [3.05, 3.63) is 29.8 Å². The average molecular weight is 362 g/mol. The quantitative estimate of drug-likeness (QED) is 0.663. The minimum atomic E-state index is -0.157. The van der Waals surface area contributed by atoms with Crippen LogP contribution in [0.4, 0.5) is 0 Å². The fourth-order valence-corrected chi connectivity index (χ4v) is 3.19. The average Bonchev–Trinajstić information content (AvgIpc) is 2.92. The number of ether oxygens (including phenoxy) is 2. The van der Waals surface area contributed by atoms with Gasteiger partial charge in [-0.25, -0.2) is 0 Å². The third-order valence-corrected chi connectivity index (χ3v) is 4.81. The number of carbonyl (C=O) groups excluding carboxylic acids is 2. The minimum absolute atomic E-state index is 0.157. The molecule has 1 aromatic rings. The lowest BCUT2D eigenvalue weighted by molar-refractivity contribution is -0.140. The second kappa shape index (κ2) is 10.8. The third-order valence-electron chi connectivity index (χ3n) is 4.81. The van der Waals surface area contributed by atoms with Crippen molar-refractivity contribution in [2.75, 3.05) is 46.9 Å². The van der Waals surface area contributed by atoms with Crippen molar-refractivity contribution in [1.29, 1.82) is 0 Å². The molecule has 1 aliphatic heterocycles. The highest BCUT2D eigenvalue weighted by molar-refractivity contribution is 5.76. The molecule has 1 heterocycles. The predicted molar refractivity (Wildman–Crippen MR) is 100 cm³/mol. The second-order valence-electron chi connectivity index (χ2n) is 6.60. The molecule has 0 aromatic heterocycles. The van der Waals surface area contributed by atoms with Crippen molar-refractivity contribution in [1.82, 2.24) is 9.80 Å². The highest BCUT2D eigenvalue weighted by atomic mass is 16.5. The van der Waals surface area contributed by atoms with Crippen LogP contribution in [0.15, 0.2) is 24.3 Å². The first-order valence-corrected chi connectivity index (χ1v) is 9.32. The van der Waals surface area contributed by atoms with Crippen molar-refractivity contribution in [2.24, 2.45) is 0 Å². The van der Waals surface area contributed by atoms with Crippen LogP contribution in [0, 0.1) is 0 Å². The van der Waals surface area contributed by atoms with Gasteiger partial charge in [-0.1, -0.05) is 12.1 Å². The Bertz CT molecular complexity index is 574. The summed E-state index contributed by atoms with van der Waals surface area (Å²) in [6, 6.07) is 7.88. The van der Waals surface area contributed by atoms with Crippen LogP contribution < -0.4 is 4.74 Å². The van der Waals surface area contributed by atoms with Gasteiger partial charge >= 0.3 is 5.97 Å². The molecule has 0 radical (unpaired) electrons. The van der Waals surface area contributed by atoms with E-state index in [1.54, 1.807) is 7.11 Å². The standard InChI is InChI=1S/C20H30N2O4/c1-25-18-9-6-17(7-10-18)8-11-19(23)22-14-4-13-21(15-16-22)12-3-5-20(24)26-2/h6-7,9-10H,3-5,8,11-16H2,1-2H3. The zero-order valence-electron chi connectivity index (χ0n) is 15.9. The Kier molecular flexibility index (Phi) is 8.41. The van der Waals surface area contributed by atoms with Crippen LogP contribution in [-0.2, 0) is 20.7 Å². The number of amides is 1. The maximum Gasteiger partial charge on any atom is 0.305 e. The van der Waals surface area contributed by atoms with Gasteiger partial charge in [0.1, 0.15) is 5.75 Å². The van der Waals surface area contributed by atoms with Gasteiger partial charge in [0.05, 0.1) is 14.2 Å². The molecule has 1 aromatic carbocycles. The molecule has 0 unspecified atom stereocenters. The van der Waals surface area contributed by atoms with E-state index in [1.807, 2.05) is 29.2 Å². The number of aryl methyl sites for hydroxylation is 1. The van der Waals surface area contributed by atoms with Crippen molar-refractivity contribution in [2.45, 2.75) is 32.1 Å². The molecule has 26 heavy (non-hydrogen) atoms. The lowest BCUT2D eigenvalue weighted by atomic mass is 10.1. The predicted octanol–water partition coefficient (Wildman–Crippen LogP) is 2.12. The molecule has 0 spiro atoms. The van der Waals surface area contributed by atoms with Gasteiger partial charge in [0.2, 0.25) is 5.91 Å². The smallest absolute Gasteiger partial charge is 0.305 e. The van der Waals surface area contributed by atoms with Gasteiger partial charge in [-0.3, -0.25) is 9.59 Å². The van der Waals surface area contributed by atoms with Crippen molar-refractivity contribution in [3.8, 4) is 5.75 Å². The first kappa shape index (κ1) is 20.2.